The van der Waals surface area contributed by atoms with Gasteiger partial charge < -0.3 is 24.0 Å². The molecule has 5 heterocycles. The van der Waals surface area contributed by atoms with Gasteiger partial charge in [0.2, 0.25) is 5.91 Å². The van der Waals surface area contributed by atoms with Crippen molar-refractivity contribution in [2.75, 3.05) is 26.2 Å². The highest BCUT2D eigenvalue weighted by Crippen LogP contribution is 2.36. The molecule has 2 aliphatic heterocycles. The molecule has 43 heavy (non-hydrogen) atoms. The van der Waals surface area contributed by atoms with Crippen LogP contribution in [0, 0.1) is 5.92 Å². The first-order chi connectivity index (χ1) is 20.7. The van der Waals surface area contributed by atoms with E-state index in [1.807, 2.05) is 47.2 Å². The number of amides is 2. The number of rotatable bonds is 6. The molecule has 0 aliphatic carbocycles. The summed E-state index contributed by atoms with van der Waals surface area (Å²) < 4.78 is 5.77. The number of halogens is 1. The van der Waals surface area contributed by atoms with Gasteiger partial charge in [-0.3, -0.25) is 19.0 Å². The van der Waals surface area contributed by atoms with Crippen molar-refractivity contribution >= 4 is 45.0 Å². The number of nitrogens with zero attached hydrogens (tertiary/aromatic N) is 6. The average Bonchev–Trinajstić information content (AvgIpc) is 3.60. The summed E-state index contributed by atoms with van der Waals surface area (Å²) in [7, 11) is 1.84. The Morgan fingerprint density at radius 1 is 1.14 bits per heavy atom. The number of likely N-dealkylation sites (tertiary alicyclic amines) is 2. The number of hydrogen-bond donors (Lipinski definition) is 1. The molecule has 0 bridgehead atoms. The second kappa shape index (κ2) is 11.6. The van der Waals surface area contributed by atoms with Crippen LogP contribution in [-0.2, 0) is 18.4 Å². The fourth-order valence-electron chi connectivity index (χ4n) is 6.55. The number of piperidine rings is 2. The lowest BCUT2D eigenvalue weighted by Crippen LogP contribution is -2.53. The quantitative estimate of drug-likeness (QED) is 0.344. The van der Waals surface area contributed by atoms with Crippen molar-refractivity contribution in [2.45, 2.75) is 37.3 Å². The van der Waals surface area contributed by atoms with Crippen molar-refractivity contribution in [3.05, 3.63) is 93.8 Å². The highest BCUT2D eigenvalue weighted by molar-refractivity contribution is 9.10. The van der Waals surface area contributed by atoms with Crippen LogP contribution < -0.4 is 5.56 Å². The minimum atomic E-state index is -1.12. The minimum absolute atomic E-state index is 0.0461. The molecule has 0 saturated carbocycles. The summed E-state index contributed by atoms with van der Waals surface area (Å²) >= 11 is 3.45. The van der Waals surface area contributed by atoms with Gasteiger partial charge in [0.25, 0.3) is 11.5 Å². The number of aromatic nitrogens is 4. The second-order valence-corrected chi connectivity index (χ2v) is 12.6. The molecule has 1 N–H and O–H groups in total. The second-order valence-electron chi connectivity index (χ2n) is 11.7. The van der Waals surface area contributed by atoms with E-state index in [-0.39, 0.29) is 35.8 Å². The van der Waals surface area contributed by atoms with E-state index < -0.39 is 5.60 Å². The molecule has 1 aromatic carbocycles. The van der Waals surface area contributed by atoms with Crippen molar-refractivity contribution in [1.82, 2.24) is 28.5 Å². The molecule has 2 amide bonds. The van der Waals surface area contributed by atoms with Gasteiger partial charge in [-0.05, 0) is 52.9 Å². The van der Waals surface area contributed by atoms with Crippen LogP contribution in [0.1, 0.15) is 41.2 Å². The Balaban J connectivity index is 1.16. The normalized spacial score (nSPS) is 20.3. The fraction of sp³-hybridized carbons (Fsp3) is 0.375. The van der Waals surface area contributed by atoms with Crippen LogP contribution in [0.5, 0.6) is 0 Å². The first-order valence-electron chi connectivity index (χ1n) is 14.5. The largest absolute Gasteiger partial charge is 0.388 e. The molecule has 2 fully saturated rings. The third-order valence-corrected chi connectivity index (χ3v) is 9.43. The topological polar surface area (TPSA) is 106 Å². The van der Waals surface area contributed by atoms with Crippen LogP contribution in [0.2, 0.25) is 0 Å². The Morgan fingerprint density at radius 2 is 1.88 bits per heavy atom. The van der Waals surface area contributed by atoms with E-state index >= 15 is 0 Å². The van der Waals surface area contributed by atoms with Crippen molar-refractivity contribution in [1.29, 1.82) is 0 Å². The lowest BCUT2D eigenvalue weighted by Gasteiger charge is -2.43. The van der Waals surface area contributed by atoms with E-state index in [0.717, 1.165) is 10.0 Å². The van der Waals surface area contributed by atoms with E-state index in [9.17, 15) is 19.5 Å². The number of carbonyl (C=O) groups is 2. The minimum Gasteiger partial charge on any atom is -0.388 e. The van der Waals surface area contributed by atoms with Crippen LogP contribution in [0.4, 0.5) is 0 Å². The Labute approximate surface area is 258 Å². The van der Waals surface area contributed by atoms with Gasteiger partial charge in [0.05, 0.1) is 17.5 Å². The summed E-state index contributed by atoms with van der Waals surface area (Å²) in [5, 5.41) is 11.9. The van der Waals surface area contributed by atoms with Gasteiger partial charge in [0, 0.05) is 68.1 Å². The molecule has 4 aromatic rings. The van der Waals surface area contributed by atoms with Crippen LogP contribution in [-0.4, -0.2) is 77.2 Å². The molecule has 10 nitrogen and oxygen atoms in total. The Kier molecular flexibility index (Phi) is 7.87. The van der Waals surface area contributed by atoms with Gasteiger partial charge in [-0.1, -0.05) is 36.9 Å². The Morgan fingerprint density at radius 3 is 2.60 bits per heavy atom. The summed E-state index contributed by atoms with van der Waals surface area (Å²) in [6.07, 6.45) is 7.95. The van der Waals surface area contributed by atoms with Crippen LogP contribution in [0.3, 0.4) is 0 Å². The highest BCUT2D eigenvalue weighted by atomic mass is 79.9. The van der Waals surface area contributed by atoms with E-state index in [4.69, 9.17) is 0 Å². The molecular weight excluding hydrogens is 612 g/mol. The fourth-order valence-corrected chi connectivity index (χ4v) is 6.98. The highest BCUT2D eigenvalue weighted by Gasteiger charge is 2.42. The van der Waals surface area contributed by atoms with Gasteiger partial charge >= 0.3 is 0 Å². The maximum absolute atomic E-state index is 14.0. The molecule has 0 unspecified atom stereocenters. The summed E-state index contributed by atoms with van der Waals surface area (Å²) in [6, 6.07) is 13.4. The van der Waals surface area contributed by atoms with Gasteiger partial charge in [0.1, 0.15) is 17.7 Å². The third-order valence-electron chi connectivity index (χ3n) is 9.00. The van der Waals surface area contributed by atoms with E-state index in [0.29, 0.717) is 62.2 Å². The lowest BCUT2D eigenvalue weighted by molar-refractivity contribution is -0.142. The van der Waals surface area contributed by atoms with Crippen molar-refractivity contribution < 1.29 is 14.7 Å². The zero-order valence-corrected chi connectivity index (χ0v) is 25.7. The molecule has 6 rings (SSSR count). The Hall–Kier alpha value is -3.96. The molecule has 2 aliphatic rings. The molecule has 0 spiro atoms. The summed E-state index contributed by atoms with van der Waals surface area (Å²) in [6.45, 7) is 5.62. The van der Waals surface area contributed by atoms with Crippen LogP contribution in [0.25, 0.3) is 17.2 Å². The number of carbonyl (C=O) groups excluding carboxylic acids is 2. The van der Waals surface area contributed by atoms with Crippen molar-refractivity contribution in [2.24, 2.45) is 13.0 Å². The maximum Gasteiger partial charge on any atom is 0.270 e. The molecule has 11 heteroatoms. The van der Waals surface area contributed by atoms with Gasteiger partial charge in [-0.2, -0.15) is 0 Å². The standard InChI is InChI=1S/C32H35BrN6O4/c1-3-36-18-23(33)17-27(36)31(42)38-14-10-24(26(19-38)22-7-5-4-6-8-22)29(40)37-15-11-32(43,12-16-37)20-39-21-34-28-25(30(39)41)9-13-35(28)2/h3-9,13,17-18,21,24,26,43H,1,10-12,14-16,19-20H2,2H3/t24-,26+/m1/s1. The first kappa shape index (κ1) is 29.1. The molecule has 2 saturated heterocycles. The SMILES string of the molecule is C=Cn1cc(Br)cc1C(=O)N1CC[C@@H](C(=O)N2CCC(O)(Cn3cnc4c(ccn4C)c3=O)CC2)[C@H](c2ccccc2)C1. The smallest absolute Gasteiger partial charge is 0.270 e. The van der Waals surface area contributed by atoms with Crippen molar-refractivity contribution in [3.63, 3.8) is 0 Å². The number of aliphatic hydroxyl groups is 1. The summed E-state index contributed by atoms with van der Waals surface area (Å²) in [5.41, 5.74) is 0.854. The summed E-state index contributed by atoms with van der Waals surface area (Å²) in [5.74, 6) is -0.503. The molecule has 3 aromatic heterocycles. The zero-order valence-electron chi connectivity index (χ0n) is 24.1. The van der Waals surface area contributed by atoms with E-state index in [1.54, 1.807) is 39.9 Å². The predicted molar refractivity (Wildman–Crippen MR) is 167 cm³/mol. The maximum atomic E-state index is 14.0. The van der Waals surface area contributed by atoms with Crippen molar-refractivity contribution in [3.8, 4) is 0 Å². The molecular formula is C32H35BrN6O4. The van der Waals surface area contributed by atoms with Crippen LogP contribution >= 0.6 is 15.9 Å². The van der Waals surface area contributed by atoms with Gasteiger partial charge in [-0.15, -0.1) is 0 Å². The molecule has 0 radical (unpaired) electrons. The summed E-state index contributed by atoms with van der Waals surface area (Å²) in [4.78, 5) is 48.6. The third kappa shape index (κ3) is 5.59. The average molecular weight is 648 g/mol. The Bertz CT molecular complexity index is 1730. The first-order valence-corrected chi connectivity index (χ1v) is 15.3. The van der Waals surface area contributed by atoms with Gasteiger partial charge in [-0.25, -0.2) is 4.98 Å². The van der Waals surface area contributed by atoms with Gasteiger partial charge in [0.15, 0.2) is 0 Å². The lowest BCUT2D eigenvalue weighted by atomic mass is 9.79. The number of aryl methyl sites for hydroxylation is 1. The van der Waals surface area contributed by atoms with E-state index in [1.165, 1.54) is 10.9 Å². The number of fused-ring (bicyclic) bond motifs is 1. The molecule has 224 valence electrons. The zero-order chi connectivity index (χ0) is 30.3. The van der Waals surface area contributed by atoms with E-state index in [2.05, 4.69) is 27.5 Å². The molecule has 2 atom stereocenters. The van der Waals surface area contributed by atoms with Crippen LogP contribution in [0.15, 0.2) is 77.0 Å². The monoisotopic (exact) mass is 646 g/mol. The number of benzene rings is 1. The number of hydrogen-bond acceptors (Lipinski definition) is 5. The predicted octanol–water partition coefficient (Wildman–Crippen LogP) is 3.70.